The first-order valence-corrected chi connectivity index (χ1v) is 8.90. The third-order valence-electron chi connectivity index (χ3n) is 5.23. The van der Waals surface area contributed by atoms with Crippen molar-refractivity contribution < 1.29 is 4.79 Å². The van der Waals surface area contributed by atoms with Crippen LogP contribution in [-0.4, -0.2) is 49.6 Å². The van der Waals surface area contributed by atoms with E-state index in [4.69, 9.17) is 11.6 Å². The van der Waals surface area contributed by atoms with Gasteiger partial charge in [0.1, 0.15) is 0 Å². The van der Waals surface area contributed by atoms with Crippen LogP contribution in [0.15, 0.2) is 18.2 Å². The third kappa shape index (κ3) is 3.81. The number of halogens is 1. The third-order valence-corrected chi connectivity index (χ3v) is 5.58. The van der Waals surface area contributed by atoms with Gasteiger partial charge in [0, 0.05) is 18.6 Å². The maximum atomic E-state index is 12.5. The van der Waals surface area contributed by atoms with Gasteiger partial charge in [0.05, 0.1) is 6.04 Å². The molecule has 5 heteroatoms. The van der Waals surface area contributed by atoms with Gasteiger partial charge in [-0.25, -0.2) is 4.79 Å². The number of urea groups is 1. The minimum Gasteiger partial charge on any atom is -0.331 e. The summed E-state index contributed by atoms with van der Waals surface area (Å²) < 4.78 is 0. The van der Waals surface area contributed by atoms with Crippen LogP contribution in [0.3, 0.4) is 0 Å². The molecule has 1 aliphatic heterocycles. The quantitative estimate of drug-likeness (QED) is 0.919. The van der Waals surface area contributed by atoms with Gasteiger partial charge in [0.15, 0.2) is 0 Å². The Kier molecular flexibility index (Phi) is 5.12. The predicted molar refractivity (Wildman–Crippen MR) is 93.9 cm³/mol. The number of nitrogens with one attached hydrogen (secondary N) is 1. The van der Waals surface area contributed by atoms with Crippen LogP contribution in [-0.2, 0) is 6.42 Å². The summed E-state index contributed by atoms with van der Waals surface area (Å²) in [5.41, 5.74) is 2.37. The fourth-order valence-electron chi connectivity index (χ4n) is 3.73. The molecule has 1 aromatic carbocycles. The van der Waals surface area contributed by atoms with Crippen molar-refractivity contribution >= 4 is 17.6 Å². The highest BCUT2D eigenvalue weighted by Crippen LogP contribution is 2.35. The van der Waals surface area contributed by atoms with E-state index in [1.54, 1.807) is 0 Å². The number of rotatable bonds is 3. The van der Waals surface area contributed by atoms with Crippen LogP contribution in [0.2, 0.25) is 5.02 Å². The van der Waals surface area contributed by atoms with Gasteiger partial charge in [-0.2, -0.15) is 0 Å². The first kappa shape index (κ1) is 16.6. The molecule has 0 bridgehead atoms. The molecular formula is C18H26ClN3O. The maximum Gasteiger partial charge on any atom is 0.317 e. The molecule has 23 heavy (non-hydrogen) atoms. The second kappa shape index (κ2) is 7.10. The molecule has 0 radical (unpaired) electrons. The van der Waals surface area contributed by atoms with Crippen molar-refractivity contribution in [2.24, 2.45) is 5.92 Å². The molecule has 1 fully saturated rings. The van der Waals surface area contributed by atoms with Gasteiger partial charge in [-0.3, -0.25) is 0 Å². The summed E-state index contributed by atoms with van der Waals surface area (Å²) in [5, 5.41) is 4.00. The Morgan fingerprint density at radius 3 is 2.83 bits per heavy atom. The molecule has 1 unspecified atom stereocenters. The van der Waals surface area contributed by atoms with Gasteiger partial charge in [-0.1, -0.05) is 23.7 Å². The van der Waals surface area contributed by atoms with Gasteiger partial charge in [0.25, 0.3) is 0 Å². The van der Waals surface area contributed by atoms with Crippen LogP contribution >= 0.6 is 11.6 Å². The molecule has 3 rings (SSSR count). The molecule has 1 saturated heterocycles. The second-order valence-electron chi connectivity index (χ2n) is 6.98. The minimum atomic E-state index is 0.0294. The smallest absolute Gasteiger partial charge is 0.317 e. The molecule has 4 nitrogen and oxygen atoms in total. The average molecular weight is 336 g/mol. The van der Waals surface area contributed by atoms with Crippen molar-refractivity contribution in [3.8, 4) is 0 Å². The van der Waals surface area contributed by atoms with Crippen molar-refractivity contribution in [3.05, 3.63) is 34.3 Å². The van der Waals surface area contributed by atoms with Crippen molar-refractivity contribution in [1.82, 2.24) is 15.1 Å². The zero-order valence-corrected chi connectivity index (χ0v) is 14.8. The normalized spacial score (nSPS) is 22.0. The lowest BCUT2D eigenvalue weighted by Gasteiger charge is -2.32. The van der Waals surface area contributed by atoms with E-state index in [-0.39, 0.29) is 12.1 Å². The Hall–Kier alpha value is -1.26. The molecule has 2 amide bonds. The monoisotopic (exact) mass is 335 g/mol. The number of amides is 2. The SMILES string of the molecule is CN1CCC(CN(C)C(=O)NC2CCc3c(Cl)cccc32)CC1. The van der Waals surface area contributed by atoms with Crippen LogP contribution in [0.4, 0.5) is 4.79 Å². The molecule has 1 N–H and O–H groups in total. The van der Waals surface area contributed by atoms with Crippen LogP contribution in [0, 0.1) is 5.92 Å². The molecule has 1 atom stereocenters. The molecule has 1 aliphatic carbocycles. The van der Waals surface area contributed by atoms with Gasteiger partial charge in [-0.05, 0) is 68.9 Å². The lowest BCUT2D eigenvalue weighted by molar-refractivity contribution is 0.168. The predicted octanol–water partition coefficient (Wildman–Crippen LogP) is 3.31. The van der Waals surface area contributed by atoms with E-state index in [1.807, 2.05) is 24.1 Å². The number of hydrogen-bond acceptors (Lipinski definition) is 2. The zero-order chi connectivity index (χ0) is 16.4. The Morgan fingerprint density at radius 1 is 1.35 bits per heavy atom. The van der Waals surface area contributed by atoms with E-state index in [2.05, 4.69) is 23.3 Å². The Balaban J connectivity index is 1.55. The van der Waals surface area contributed by atoms with E-state index < -0.39 is 0 Å². The van der Waals surface area contributed by atoms with E-state index in [9.17, 15) is 4.79 Å². The standard InChI is InChI=1S/C18H26ClN3O/c1-21-10-8-13(9-11-21)12-22(2)18(23)20-17-7-6-14-15(17)4-3-5-16(14)19/h3-5,13,17H,6-12H2,1-2H3,(H,20,23). The van der Waals surface area contributed by atoms with Crippen molar-refractivity contribution in [3.63, 3.8) is 0 Å². The summed E-state index contributed by atoms with van der Waals surface area (Å²) in [7, 11) is 4.07. The highest BCUT2D eigenvalue weighted by atomic mass is 35.5. The second-order valence-corrected chi connectivity index (χ2v) is 7.38. The van der Waals surface area contributed by atoms with E-state index >= 15 is 0 Å². The van der Waals surface area contributed by atoms with E-state index in [0.717, 1.165) is 37.5 Å². The number of fused-ring (bicyclic) bond motifs is 1. The van der Waals surface area contributed by atoms with Gasteiger partial charge in [-0.15, -0.1) is 0 Å². The van der Waals surface area contributed by atoms with Gasteiger partial charge < -0.3 is 15.1 Å². The molecule has 126 valence electrons. The fourth-order valence-corrected chi connectivity index (χ4v) is 4.01. The van der Waals surface area contributed by atoms with E-state index in [1.165, 1.54) is 24.0 Å². The minimum absolute atomic E-state index is 0.0294. The molecule has 0 aromatic heterocycles. The molecule has 0 spiro atoms. The van der Waals surface area contributed by atoms with Crippen LogP contribution in [0.5, 0.6) is 0 Å². The molecular weight excluding hydrogens is 310 g/mol. The van der Waals surface area contributed by atoms with Crippen LogP contribution in [0.25, 0.3) is 0 Å². The fraction of sp³-hybridized carbons (Fsp3) is 0.611. The van der Waals surface area contributed by atoms with Crippen molar-refractivity contribution in [1.29, 1.82) is 0 Å². The number of nitrogens with zero attached hydrogens (tertiary/aromatic N) is 2. The van der Waals surface area contributed by atoms with Crippen LogP contribution < -0.4 is 5.32 Å². The highest BCUT2D eigenvalue weighted by Gasteiger charge is 2.27. The molecule has 2 aliphatic rings. The highest BCUT2D eigenvalue weighted by molar-refractivity contribution is 6.31. The molecule has 1 aromatic rings. The van der Waals surface area contributed by atoms with Crippen LogP contribution in [0.1, 0.15) is 36.4 Å². The summed E-state index contributed by atoms with van der Waals surface area (Å²) in [6, 6.07) is 6.10. The van der Waals surface area contributed by atoms with Gasteiger partial charge in [0.2, 0.25) is 0 Å². The summed E-state index contributed by atoms with van der Waals surface area (Å²) in [5.74, 6) is 0.618. The Morgan fingerprint density at radius 2 is 2.09 bits per heavy atom. The lowest BCUT2D eigenvalue weighted by atomic mass is 9.97. The zero-order valence-electron chi connectivity index (χ0n) is 14.0. The first-order valence-electron chi connectivity index (χ1n) is 8.52. The number of likely N-dealkylation sites (tertiary alicyclic amines) is 1. The van der Waals surface area contributed by atoms with Gasteiger partial charge >= 0.3 is 6.03 Å². The summed E-state index contributed by atoms with van der Waals surface area (Å²) in [6.45, 7) is 3.11. The topological polar surface area (TPSA) is 35.6 Å². The summed E-state index contributed by atoms with van der Waals surface area (Å²) in [4.78, 5) is 16.7. The maximum absolute atomic E-state index is 12.5. The van der Waals surface area contributed by atoms with E-state index in [0.29, 0.717) is 5.92 Å². The summed E-state index contributed by atoms with van der Waals surface area (Å²) in [6.07, 6.45) is 4.23. The Bertz CT molecular complexity index is 569. The largest absolute Gasteiger partial charge is 0.331 e. The number of piperidine rings is 1. The first-order chi connectivity index (χ1) is 11.0. The average Bonchev–Trinajstić information content (AvgIpc) is 2.94. The number of benzene rings is 1. The number of hydrogen-bond donors (Lipinski definition) is 1. The summed E-state index contributed by atoms with van der Waals surface area (Å²) >= 11 is 6.25. The number of carbonyl (C=O) groups excluding carboxylic acids is 1. The number of carbonyl (C=O) groups is 1. The van der Waals surface area contributed by atoms with Crippen molar-refractivity contribution in [2.45, 2.75) is 31.7 Å². The molecule has 1 heterocycles. The van der Waals surface area contributed by atoms with Crippen molar-refractivity contribution in [2.75, 3.05) is 33.7 Å². The Labute approximate surface area is 143 Å². The molecule has 0 saturated carbocycles. The lowest BCUT2D eigenvalue weighted by Crippen LogP contribution is -2.43.